The zero-order chi connectivity index (χ0) is 20.3. The van der Waals surface area contributed by atoms with Crippen molar-refractivity contribution in [3.63, 3.8) is 0 Å². The third kappa shape index (κ3) is 8.65. The minimum absolute atomic E-state index is 0.0176. The van der Waals surface area contributed by atoms with Crippen molar-refractivity contribution in [3.05, 3.63) is 30.3 Å². The van der Waals surface area contributed by atoms with Crippen molar-refractivity contribution in [2.45, 2.75) is 37.6 Å². The molecule has 0 aliphatic heterocycles. The summed E-state index contributed by atoms with van der Waals surface area (Å²) in [5.74, 6) is -1.78. The van der Waals surface area contributed by atoms with Gasteiger partial charge >= 0.3 is 11.9 Å². The van der Waals surface area contributed by atoms with Gasteiger partial charge in [0.1, 0.15) is 6.04 Å². The van der Waals surface area contributed by atoms with Crippen LogP contribution in [-0.2, 0) is 33.9 Å². The van der Waals surface area contributed by atoms with Crippen molar-refractivity contribution in [2.24, 2.45) is 0 Å². The van der Waals surface area contributed by atoms with Gasteiger partial charge < -0.3 is 14.8 Å². The van der Waals surface area contributed by atoms with Gasteiger partial charge in [-0.25, -0.2) is 8.42 Å². The van der Waals surface area contributed by atoms with Crippen LogP contribution in [0.4, 0.5) is 0 Å². The van der Waals surface area contributed by atoms with E-state index in [1.54, 1.807) is 25.1 Å². The van der Waals surface area contributed by atoms with Gasteiger partial charge in [-0.15, -0.1) is 0 Å². The summed E-state index contributed by atoms with van der Waals surface area (Å²) in [6, 6.07) is 6.41. The summed E-state index contributed by atoms with van der Waals surface area (Å²) in [4.78, 5) is 34.6. The van der Waals surface area contributed by atoms with E-state index in [0.717, 1.165) is 0 Å². The van der Waals surface area contributed by atoms with E-state index in [0.29, 0.717) is 13.0 Å². The van der Waals surface area contributed by atoms with Crippen molar-refractivity contribution in [1.29, 1.82) is 0 Å². The number of carbonyl (C=O) groups excluding carboxylic acids is 3. The van der Waals surface area contributed by atoms with E-state index in [1.165, 1.54) is 19.1 Å². The molecule has 0 aromatic heterocycles. The van der Waals surface area contributed by atoms with E-state index < -0.39 is 34.5 Å². The molecule has 9 nitrogen and oxygen atoms in total. The number of carbonyl (C=O) groups is 3. The summed E-state index contributed by atoms with van der Waals surface area (Å²) in [6.45, 7) is 3.00. The summed E-state index contributed by atoms with van der Waals surface area (Å²) < 4.78 is 36.0. The topological polar surface area (TPSA) is 128 Å². The average molecular weight is 400 g/mol. The van der Waals surface area contributed by atoms with Gasteiger partial charge in [0.25, 0.3) is 5.91 Å². The molecule has 10 heteroatoms. The van der Waals surface area contributed by atoms with E-state index in [1.807, 2.05) is 0 Å². The quantitative estimate of drug-likeness (QED) is 0.405. The molecule has 1 unspecified atom stereocenters. The number of sulfonamides is 1. The van der Waals surface area contributed by atoms with Crippen LogP contribution >= 0.6 is 0 Å². The van der Waals surface area contributed by atoms with Gasteiger partial charge in [-0.05, 0) is 32.4 Å². The second-order valence-corrected chi connectivity index (χ2v) is 7.24. The lowest BCUT2D eigenvalue weighted by molar-refractivity contribution is -0.149. The van der Waals surface area contributed by atoms with Crippen molar-refractivity contribution in [1.82, 2.24) is 10.0 Å². The fourth-order valence-corrected chi connectivity index (χ4v) is 3.17. The highest BCUT2D eigenvalue weighted by Gasteiger charge is 2.23. The van der Waals surface area contributed by atoms with Gasteiger partial charge in [0, 0.05) is 13.0 Å². The highest BCUT2D eigenvalue weighted by molar-refractivity contribution is 7.89. The second-order valence-electron chi connectivity index (χ2n) is 5.52. The summed E-state index contributed by atoms with van der Waals surface area (Å²) in [5, 5.41) is 2.49. The molecule has 1 atom stereocenters. The molecule has 0 aliphatic carbocycles. The van der Waals surface area contributed by atoms with Gasteiger partial charge in [-0.1, -0.05) is 18.2 Å². The number of rotatable bonds is 11. The molecular weight excluding hydrogens is 376 g/mol. The number of hydrogen-bond donors (Lipinski definition) is 2. The second kappa shape index (κ2) is 11.3. The van der Waals surface area contributed by atoms with E-state index in [4.69, 9.17) is 9.47 Å². The Balaban J connectivity index is 2.32. The first kappa shape index (κ1) is 22.6. The maximum absolute atomic E-state index is 12.1. The molecule has 0 bridgehead atoms. The monoisotopic (exact) mass is 400 g/mol. The molecule has 1 aromatic carbocycles. The van der Waals surface area contributed by atoms with Gasteiger partial charge in [0.2, 0.25) is 10.0 Å². The van der Waals surface area contributed by atoms with Crippen molar-refractivity contribution >= 4 is 27.9 Å². The molecule has 1 rings (SSSR count). The van der Waals surface area contributed by atoms with E-state index in [9.17, 15) is 22.8 Å². The molecule has 27 heavy (non-hydrogen) atoms. The Morgan fingerprint density at radius 3 is 2.41 bits per heavy atom. The Morgan fingerprint density at radius 2 is 1.78 bits per heavy atom. The van der Waals surface area contributed by atoms with Crippen molar-refractivity contribution < 1.29 is 32.3 Å². The molecule has 0 saturated carbocycles. The smallest absolute Gasteiger partial charge is 0.324 e. The van der Waals surface area contributed by atoms with Crippen LogP contribution < -0.4 is 10.0 Å². The number of nitrogens with one attached hydrogen (secondary N) is 2. The summed E-state index contributed by atoms with van der Waals surface area (Å²) in [6.07, 6.45) is 0.567. The van der Waals surface area contributed by atoms with Gasteiger partial charge in [0.15, 0.2) is 6.61 Å². The lowest BCUT2D eigenvalue weighted by Crippen LogP contribution is -2.41. The average Bonchev–Trinajstić information content (AvgIpc) is 2.64. The SMILES string of the molecule is CCOC(=O)CCCNC(=O)COC(=O)C(C)NS(=O)(=O)c1ccccc1. The molecule has 2 N–H and O–H groups in total. The summed E-state index contributed by atoms with van der Waals surface area (Å²) in [7, 11) is -3.87. The predicted molar refractivity (Wildman–Crippen MR) is 96.1 cm³/mol. The third-order valence-corrected chi connectivity index (χ3v) is 4.83. The first-order valence-corrected chi connectivity index (χ1v) is 9.91. The third-order valence-electron chi connectivity index (χ3n) is 3.27. The highest BCUT2D eigenvalue weighted by Crippen LogP contribution is 2.08. The molecule has 150 valence electrons. The largest absolute Gasteiger partial charge is 0.466 e. The maximum atomic E-state index is 12.1. The van der Waals surface area contributed by atoms with Crippen LogP contribution in [0.5, 0.6) is 0 Å². The molecule has 1 aromatic rings. The lowest BCUT2D eigenvalue weighted by atomic mass is 10.3. The molecule has 0 saturated heterocycles. The molecule has 0 radical (unpaired) electrons. The zero-order valence-electron chi connectivity index (χ0n) is 15.3. The van der Waals surface area contributed by atoms with E-state index in [2.05, 4.69) is 10.0 Å². The molecule has 0 aliphatic rings. The number of ether oxygens (including phenoxy) is 2. The summed E-state index contributed by atoms with van der Waals surface area (Å²) in [5.41, 5.74) is 0. The standard InChI is InChI=1S/C17H24N2O7S/c1-3-25-16(21)10-7-11-18-15(20)12-26-17(22)13(2)19-27(23,24)14-8-5-4-6-9-14/h4-6,8-9,13,19H,3,7,10-12H2,1-2H3,(H,18,20). The Kier molecular flexibility index (Phi) is 9.45. The van der Waals surface area contributed by atoms with Crippen LogP contribution in [0, 0.1) is 0 Å². The van der Waals surface area contributed by atoms with Gasteiger partial charge in [-0.3, -0.25) is 14.4 Å². The first-order valence-electron chi connectivity index (χ1n) is 8.42. The van der Waals surface area contributed by atoms with Gasteiger partial charge in [-0.2, -0.15) is 4.72 Å². The minimum atomic E-state index is -3.87. The number of hydrogen-bond acceptors (Lipinski definition) is 7. The minimum Gasteiger partial charge on any atom is -0.466 e. The normalized spacial score (nSPS) is 12.1. The van der Waals surface area contributed by atoms with Crippen LogP contribution in [0.15, 0.2) is 35.2 Å². The maximum Gasteiger partial charge on any atom is 0.324 e. The zero-order valence-corrected chi connectivity index (χ0v) is 16.1. The van der Waals surface area contributed by atoms with Crippen LogP contribution in [0.25, 0.3) is 0 Å². The number of amides is 1. The Bertz CT molecular complexity index is 735. The van der Waals surface area contributed by atoms with Crippen LogP contribution in [-0.4, -0.2) is 52.1 Å². The molecule has 1 amide bonds. The van der Waals surface area contributed by atoms with Crippen molar-refractivity contribution in [2.75, 3.05) is 19.8 Å². The van der Waals surface area contributed by atoms with Crippen molar-refractivity contribution in [3.8, 4) is 0 Å². The number of esters is 2. The fraction of sp³-hybridized carbons (Fsp3) is 0.471. The lowest BCUT2D eigenvalue weighted by Gasteiger charge is -2.13. The fourth-order valence-electron chi connectivity index (χ4n) is 1.95. The highest BCUT2D eigenvalue weighted by atomic mass is 32.2. The molecule has 0 heterocycles. The molecule has 0 spiro atoms. The Morgan fingerprint density at radius 1 is 1.11 bits per heavy atom. The summed E-state index contributed by atoms with van der Waals surface area (Å²) >= 11 is 0. The van der Waals surface area contributed by atoms with Gasteiger partial charge in [0.05, 0.1) is 11.5 Å². The first-order chi connectivity index (χ1) is 12.8. The number of benzene rings is 1. The molecular formula is C17H24N2O7S. The van der Waals surface area contributed by atoms with Crippen LogP contribution in [0.1, 0.15) is 26.7 Å². The Hall–Kier alpha value is -2.46. The Labute approximate surface area is 158 Å². The van der Waals surface area contributed by atoms with Crippen LogP contribution in [0.3, 0.4) is 0 Å². The van der Waals surface area contributed by atoms with E-state index >= 15 is 0 Å². The van der Waals surface area contributed by atoms with E-state index in [-0.39, 0.29) is 23.8 Å². The molecule has 0 fully saturated rings. The van der Waals surface area contributed by atoms with Crippen LogP contribution in [0.2, 0.25) is 0 Å². The predicted octanol–water partition coefficient (Wildman–Crippen LogP) is 0.356.